The normalized spacial score (nSPS) is 18.7. The van der Waals surface area contributed by atoms with Gasteiger partial charge in [-0.25, -0.2) is 4.79 Å². The maximum Gasteiger partial charge on any atom is 0.326 e. The Labute approximate surface area is 121 Å². The van der Waals surface area contributed by atoms with Gasteiger partial charge in [-0.05, 0) is 25.7 Å². The predicted molar refractivity (Wildman–Crippen MR) is 76.5 cm³/mol. The van der Waals surface area contributed by atoms with Crippen LogP contribution in [0.5, 0.6) is 0 Å². The first-order valence-electron chi connectivity index (χ1n) is 7.77. The van der Waals surface area contributed by atoms with Gasteiger partial charge in [0.25, 0.3) is 0 Å². The van der Waals surface area contributed by atoms with Crippen LogP contribution in [0, 0.1) is 0 Å². The van der Waals surface area contributed by atoms with Crippen LogP contribution in [-0.2, 0) is 14.3 Å². The molecule has 1 unspecified atom stereocenters. The number of rotatable bonds is 9. The summed E-state index contributed by atoms with van der Waals surface area (Å²) in [5.41, 5.74) is 0. The number of ether oxygens (including phenoxy) is 1. The van der Waals surface area contributed by atoms with E-state index >= 15 is 0 Å². The molecular formula is C15H27NO4. The van der Waals surface area contributed by atoms with Crippen molar-refractivity contribution in [3.8, 4) is 0 Å². The number of unbranched alkanes of at least 4 members (excludes halogenated alkanes) is 1. The van der Waals surface area contributed by atoms with Gasteiger partial charge in [0.1, 0.15) is 12.1 Å². The minimum absolute atomic E-state index is 0.157. The maximum atomic E-state index is 12.1. The van der Waals surface area contributed by atoms with Crippen LogP contribution in [0.2, 0.25) is 0 Å². The molecule has 1 aliphatic rings. The van der Waals surface area contributed by atoms with Gasteiger partial charge in [0.2, 0.25) is 5.91 Å². The van der Waals surface area contributed by atoms with Crippen LogP contribution in [0.4, 0.5) is 0 Å². The first kappa shape index (κ1) is 17.0. The zero-order valence-corrected chi connectivity index (χ0v) is 12.6. The Balaban J connectivity index is 2.48. The number of hydrogen-bond acceptors (Lipinski definition) is 3. The van der Waals surface area contributed by atoms with Crippen LogP contribution in [0.25, 0.3) is 0 Å². The van der Waals surface area contributed by atoms with Crippen LogP contribution < -0.4 is 5.32 Å². The molecule has 0 radical (unpaired) electrons. The molecule has 0 spiro atoms. The Bertz CT molecular complexity index is 313. The highest BCUT2D eigenvalue weighted by Crippen LogP contribution is 2.23. The van der Waals surface area contributed by atoms with E-state index in [1.165, 1.54) is 0 Å². The number of carboxylic acid groups (broad SMARTS) is 1. The lowest BCUT2D eigenvalue weighted by atomic mass is 10.1. The molecule has 0 aromatic rings. The number of hydrogen-bond donors (Lipinski definition) is 2. The van der Waals surface area contributed by atoms with E-state index in [0.717, 1.165) is 38.5 Å². The van der Waals surface area contributed by atoms with Crippen molar-refractivity contribution in [3.63, 3.8) is 0 Å². The van der Waals surface area contributed by atoms with Crippen molar-refractivity contribution in [2.24, 2.45) is 0 Å². The second kappa shape index (κ2) is 8.95. The zero-order valence-electron chi connectivity index (χ0n) is 12.6. The molecule has 1 saturated carbocycles. The Morgan fingerprint density at radius 2 is 1.95 bits per heavy atom. The summed E-state index contributed by atoms with van der Waals surface area (Å²) in [6, 6.07) is -0.802. The summed E-state index contributed by atoms with van der Waals surface area (Å²) < 4.78 is 5.80. The van der Waals surface area contributed by atoms with Gasteiger partial charge in [0.15, 0.2) is 0 Å². The lowest BCUT2D eigenvalue weighted by Crippen LogP contribution is -2.46. The molecular weight excluding hydrogens is 258 g/mol. The van der Waals surface area contributed by atoms with Gasteiger partial charge in [-0.15, -0.1) is 0 Å². The summed E-state index contributed by atoms with van der Waals surface area (Å²) in [5, 5.41) is 11.7. The first-order chi connectivity index (χ1) is 9.58. The SMILES string of the molecule is CCCC[C@H](NC(=O)C(CC)OC1CCCC1)C(=O)O. The highest BCUT2D eigenvalue weighted by Gasteiger charge is 2.27. The predicted octanol–water partition coefficient (Wildman–Crippen LogP) is 2.48. The Morgan fingerprint density at radius 1 is 1.30 bits per heavy atom. The molecule has 2 atom stereocenters. The molecule has 0 aromatic heterocycles. The van der Waals surface area contributed by atoms with Crippen LogP contribution in [0.1, 0.15) is 65.2 Å². The fourth-order valence-electron chi connectivity index (χ4n) is 2.53. The topological polar surface area (TPSA) is 75.6 Å². The van der Waals surface area contributed by atoms with Crippen LogP contribution in [0.15, 0.2) is 0 Å². The molecule has 1 amide bonds. The molecule has 1 aliphatic carbocycles. The van der Waals surface area contributed by atoms with E-state index < -0.39 is 18.1 Å². The Kier molecular flexibility index (Phi) is 7.59. The van der Waals surface area contributed by atoms with Crippen molar-refractivity contribution in [1.82, 2.24) is 5.32 Å². The van der Waals surface area contributed by atoms with E-state index in [1.807, 2.05) is 13.8 Å². The minimum atomic E-state index is -0.970. The van der Waals surface area contributed by atoms with Crippen molar-refractivity contribution in [2.45, 2.75) is 83.5 Å². The smallest absolute Gasteiger partial charge is 0.326 e. The zero-order chi connectivity index (χ0) is 15.0. The molecule has 1 fully saturated rings. The van der Waals surface area contributed by atoms with Crippen molar-refractivity contribution in [1.29, 1.82) is 0 Å². The van der Waals surface area contributed by atoms with Gasteiger partial charge in [-0.1, -0.05) is 39.5 Å². The molecule has 0 heterocycles. The molecule has 2 N–H and O–H groups in total. The van der Waals surface area contributed by atoms with E-state index in [2.05, 4.69) is 5.32 Å². The van der Waals surface area contributed by atoms with E-state index in [1.54, 1.807) is 0 Å². The average molecular weight is 285 g/mol. The molecule has 0 aromatic carbocycles. The highest BCUT2D eigenvalue weighted by atomic mass is 16.5. The molecule has 5 nitrogen and oxygen atoms in total. The van der Waals surface area contributed by atoms with Gasteiger partial charge in [-0.3, -0.25) is 4.79 Å². The second-order valence-corrected chi connectivity index (χ2v) is 5.48. The van der Waals surface area contributed by atoms with Gasteiger partial charge >= 0.3 is 5.97 Å². The van der Waals surface area contributed by atoms with E-state index in [0.29, 0.717) is 12.8 Å². The van der Waals surface area contributed by atoms with E-state index in [-0.39, 0.29) is 12.0 Å². The second-order valence-electron chi connectivity index (χ2n) is 5.48. The first-order valence-corrected chi connectivity index (χ1v) is 7.77. The summed E-state index contributed by atoms with van der Waals surface area (Å²) in [4.78, 5) is 23.3. The standard InChI is InChI=1S/C15H27NO4/c1-3-5-10-12(15(18)19)16-14(17)13(4-2)20-11-8-6-7-9-11/h11-13H,3-10H2,1-2H3,(H,16,17)(H,18,19)/t12-,13?/m0/s1. The monoisotopic (exact) mass is 285 g/mol. The Hall–Kier alpha value is -1.10. The molecule has 0 aliphatic heterocycles. The van der Waals surface area contributed by atoms with Gasteiger partial charge < -0.3 is 15.2 Å². The number of carbonyl (C=O) groups excluding carboxylic acids is 1. The third-order valence-corrected chi connectivity index (χ3v) is 3.78. The van der Waals surface area contributed by atoms with Crippen molar-refractivity contribution in [3.05, 3.63) is 0 Å². The van der Waals surface area contributed by atoms with Gasteiger partial charge in [0.05, 0.1) is 6.10 Å². The summed E-state index contributed by atoms with van der Waals surface area (Å²) >= 11 is 0. The van der Waals surface area contributed by atoms with E-state index in [4.69, 9.17) is 9.84 Å². The largest absolute Gasteiger partial charge is 0.480 e. The van der Waals surface area contributed by atoms with Crippen molar-refractivity contribution < 1.29 is 19.4 Å². The summed E-state index contributed by atoms with van der Waals surface area (Å²) in [5.74, 6) is -1.26. The molecule has 20 heavy (non-hydrogen) atoms. The highest BCUT2D eigenvalue weighted by molar-refractivity contribution is 5.86. The fraction of sp³-hybridized carbons (Fsp3) is 0.867. The summed E-state index contributed by atoms with van der Waals surface area (Å²) in [7, 11) is 0. The summed E-state index contributed by atoms with van der Waals surface area (Å²) in [6.45, 7) is 3.89. The fourth-order valence-corrected chi connectivity index (χ4v) is 2.53. The Morgan fingerprint density at radius 3 is 2.45 bits per heavy atom. The lowest BCUT2D eigenvalue weighted by Gasteiger charge is -2.22. The van der Waals surface area contributed by atoms with Crippen molar-refractivity contribution >= 4 is 11.9 Å². The quantitative estimate of drug-likeness (QED) is 0.682. The van der Waals surface area contributed by atoms with Crippen molar-refractivity contribution in [2.75, 3.05) is 0 Å². The molecule has 0 bridgehead atoms. The van der Waals surface area contributed by atoms with E-state index in [9.17, 15) is 9.59 Å². The number of aliphatic carboxylic acids is 1. The summed E-state index contributed by atoms with van der Waals surface area (Å²) in [6.07, 6.45) is 6.68. The number of carbonyl (C=O) groups is 2. The van der Waals surface area contributed by atoms with Gasteiger partial charge in [0, 0.05) is 0 Å². The third kappa shape index (κ3) is 5.49. The minimum Gasteiger partial charge on any atom is -0.480 e. The number of nitrogens with one attached hydrogen (secondary N) is 1. The average Bonchev–Trinajstić information content (AvgIpc) is 2.93. The maximum absolute atomic E-state index is 12.1. The molecule has 5 heteroatoms. The number of amides is 1. The van der Waals surface area contributed by atoms with Crippen LogP contribution in [-0.4, -0.2) is 35.2 Å². The van der Waals surface area contributed by atoms with Gasteiger partial charge in [-0.2, -0.15) is 0 Å². The molecule has 1 rings (SSSR count). The molecule has 0 saturated heterocycles. The van der Waals surface area contributed by atoms with Crippen LogP contribution >= 0.6 is 0 Å². The van der Waals surface area contributed by atoms with Crippen LogP contribution in [0.3, 0.4) is 0 Å². The number of carboxylic acids is 1. The third-order valence-electron chi connectivity index (χ3n) is 3.78. The molecule has 116 valence electrons. The lowest BCUT2D eigenvalue weighted by molar-refractivity contribution is -0.146.